The third-order valence-corrected chi connectivity index (χ3v) is 4.34. The lowest BCUT2D eigenvalue weighted by atomic mass is 9.99. The van der Waals surface area contributed by atoms with Crippen LogP contribution in [0.3, 0.4) is 0 Å². The van der Waals surface area contributed by atoms with Gasteiger partial charge in [0.2, 0.25) is 5.91 Å². The van der Waals surface area contributed by atoms with Crippen LogP contribution in [0.2, 0.25) is 0 Å². The van der Waals surface area contributed by atoms with E-state index in [1.807, 2.05) is 6.92 Å². The second-order valence-electron chi connectivity index (χ2n) is 5.83. The van der Waals surface area contributed by atoms with Crippen LogP contribution in [0, 0.1) is 0 Å². The Morgan fingerprint density at radius 1 is 1.18 bits per heavy atom. The second kappa shape index (κ2) is 4.58. The molecule has 0 aliphatic carbocycles. The first-order chi connectivity index (χ1) is 8.20. The molecule has 0 spiro atoms. The number of hydrogen-bond acceptors (Lipinski definition) is 3. The summed E-state index contributed by atoms with van der Waals surface area (Å²) in [7, 11) is 0. The number of nitrogens with one attached hydrogen (secondary N) is 2. The number of rotatable bonds is 2. The quantitative estimate of drug-likeness (QED) is 0.753. The molecule has 3 aliphatic heterocycles. The van der Waals surface area contributed by atoms with E-state index in [1.54, 1.807) is 0 Å². The Hall–Kier alpha value is -0.610. The van der Waals surface area contributed by atoms with Gasteiger partial charge in [0, 0.05) is 18.1 Å². The SMILES string of the molecule is CC1CCC(C(=O)NC2CC3CCC(C2)N3)O1. The molecule has 0 aromatic heterocycles. The van der Waals surface area contributed by atoms with E-state index in [0.717, 1.165) is 25.7 Å². The van der Waals surface area contributed by atoms with Crippen molar-refractivity contribution in [1.82, 2.24) is 10.6 Å². The summed E-state index contributed by atoms with van der Waals surface area (Å²) in [5, 5.41) is 6.77. The summed E-state index contributed by atoms with van der Waals surface area (Å²) >= 11 is 0. The van der Waals surface area contributed by atoms with E-state index in [0.29, 0.717) is 18.1 Å². The summed E-state index contributed by atoms with van der Waals surface area (Å²) < 4.78 is 5.61. The Kier molecular flexibility index (Phi) is 3.09. The molecule has 17 heavy (non-hydrogen) atoms. The van der Waals surface area contributed by atoms with Crippen molar-refractivity contribution in [2.75, 3.05) is 0 Å². The average molecular weight is 238 g/mol. The smallest absolute Gasteiger partial charge is 0.249 e. The summed E-state index contributed by atoms with van der Waals surface area (Å²) in [6, 6.07) is 1.62. The molecule has 3 aliphatic rings. The van der Waals surface area contributed by atoms with Gasteiger partial charge in [-0.05, 0) is 45.4 Å². The topological polar surface area (TPSA) is 50.4 Å². The number of hydrogen-bond donors (Lipinski definition) is 2. The highest BCUT2D eigenvalue weighted by Gasteiger charge is 2.36. The van der Waals surface area contributed by atoms with Gasteiger partial charge in [0.25, 0.3) is 0 Å². The highest BCUT2D eigenvalue weighted by atomic mass is 16.5. The summed E-state index contributed by atoms with van der Waals surface area (Å²) in [4.78, 5) is 12.0. The lowest BCUT2D eigenvalue weighted by Gasteiger charge is -2.30. The predicted molar refractivity (Wildman–Crippen MR) is 64.7 cm³/mol. The van der Waals surface area contributed by atoms with E-state index in [-0.39, 0.29) is 18.1 Å². The number of fused-ring (bicyclic) bond motifs is 2. The second-order valence-corrected chi connectivity index (χ2v) is 5.83. The van der Waals surface area contributed by atoms with Crippen molar-refractivity contribution < 1.29 is 9.53 Å². The van der Waals surface area contributed by atoms with Crippen molar-refractivity contribution in [3.05, 3.63) is 0 Å². The van der Waals surface area contributed by atoms with Gasteiger partial charge in [-0.2, -0.15) is 0 Å². The fourth-order valence-electron chi connectivity index (χ4n) is 3.46. The Morgan fingerprint density at radius 2 is 1.88 bits per heavy atom. The minimum Gasteiger partial charge on any atom is -0.365 e. The van der Waals surface area contributed by atoms with Crippen LogP contribution in [0.4, 0.5) is 0 Å². The van der Waals surface area contributed by atoms with Crippen LogP contribution in [0.15, 0.2) is 0 Å². The van der Waals surface area contributed by atoms with E-state index >= 15 is 0 Å². The highest BCUT2D eigenvalue weighted by molar-refractivity contribution is 5.81. The maximum atomic E-state index is 12.0. The van der Waals surface area contributed by atoms with Gasteiger partial charge in [-0.15, -0.1) is 0 Å². The molecule has 4 heteroatoms. The molecule has 0 aromatic carbocycles. The van der Waals surface area contributed by atoms with Crippen LogP contribution >= 0.6 is 0 Å². The third kappa shape index (κ3) is 2.47. The van der Waals surface area contributed by atoms with Crippen LogP contribution < -0.4 is 10.6 Å². The van der Waals surface area contributed by atoms with Crippen molar-refractivity contribution >= 4 is 5.91 Å². The number of piperidine rings is 1. The van der Waals surface area contributed by atoms with Gasteiger partial charge in [-0.25, -0.2) is 0 Å². The van der Waals surface area contributed by atoms with Crippen LogP contribution in [-0.2, 0) is 9.53 Å². The fourth-order valence-corrected chi connectivity index (χ4v) is 3.46. The Balaban J connectivity index is 1.51. The van der Waals surface area contributed by atoms with Crippen molar-refractivity contribution in [1.29, 1.82) is 0 Å². The first-order valence-electron chi connectivity index (χ1n) is 6.92. The zero-order valence-electron chi connectivity index (χ0n) is 10.4. The van der Waals surface area contributed by atoms with Gasteiger partial charge < -0.3 is 15.4 Å². The molecule has 0 aromatic rings. The molecule has 4 nitrogen and oxygen atoms in total. The molecule has 0 radical (unpaired) electrons. The summed E-state index contributed by atoms with van der Waals surface area (Å²) in [5.74, 6) is 0.112. The van der Waals surface area contributed by atoms with Crippen LogP contribution in [0.1, 0.15) is 45.4 Å². The third-order valence-electron chi connectivity index (χ3n) is 4.34. The molecular formula is C13H22N2O2. The number of carbonyl (C=O) groups is 1. The Morgan fingerprint density at radius 3 is 2.47 bits per heavy atom. The maximum Gasteiger partial charge on any atom is 0.249 e. The molecule has 2 N–H and O–H groups in total. The van der Waals surface area contributed by atoms with E-state index in [1.165, 1.54) is 12.8 Å². The normalized spacial score (nSPS) is 44.9. The largest absolute Gasteiger partial charge is 0.365 e. The van der Waals surface area contributed by atoms with Gasteiger partial charge in [-0.1, -0.05) is 0 Å². The Bertz CT molecular complexity index is 296. The number of carbonyl (C=O) groups excluding carboxylic acids is 1. The fraction of sp³-hybridized carbons (Fsp3) is 0.923. The minimum atomic E-state index is -0.197. The van der Waals surface area contributed by atoms with E-state index in [9.17, 15) is 4.79 Å². The molecule has 4 unspecified atom stereocenters. The molecule has 0 saturated carbocycles. The van der Waals surface area contributed by atoms with Crippen molar-refractivity contribution in [2.24, 2.45) is 0 Å². The molecule has 2 bridgehead atoms. The van der Waals surface area contributed by atoms with Gasteiger partial charge in [0.15, 0.2) is 0 Å². The van der Waals surface area contributed by atoms with Gasteiger partial charge in [0.05, 0.1) is 6.10 Å². The molecule has 4 atom stereocenters. The Labute approximate surface area is 102 Å². The van der Waals surface area contributed by atoms with Crippen LogP contribution in [0.25, 0.3) is 0 Å². The summed E-state index contributed by atoms with van der Waals surface area (Å²) in [5.41, 5.74) is 0. The number of amides is 1. The zero-order chi connectivity index (χ0) is 11.8. The van der Waals surface area contributed by atoms with Gasteiger partial charge >= 0.3 is 0 Å². The minimum absolute atomic E-state index is 0.112. The van der Waals surface area contributed by atoms with Crippen LogP contribution in [0.5, 0.6) is 0 Å². The monoisotopic (exact) mass is 238 g/mol. The van der Waals surface area contributed by atoms with Crippen molar-refractivity contribution in [3.63, 3.8) is 0 Å². The zero-order valence-corrected chi connectivity index (χ0v) is 10.4. The summed E-state index contributed by atoms with van der Waals surface area (Å²) in [6.45, 7) is 2.04. The molecule has 1 amide bonds. The highest BCUT2D eigenvalue weighted by Crippen LogP contribution is 2.27. The summed E-state index contributed by atoms with van der Waals surface area (Å²) in [6.07, 6.45) is 6.66. The first-order valence-corrected chi connectivity index (χ1v) is 6.92. The number of ether oxygens (including phenoxy) is 1. The lowest BCUT2D eigenvalue weighted by Crippen LogP contribution is -2.50. The molecular weight excluding hydrogens is 216 g/mol. The predicted octanol–water partition coefficient (Wildman–Crippen LogP) is 0.953. The molecule has 3 fully saturated rings. The molecule has 96 valence electrons. The lowest BCUT2D eigenvalue weighted by molar-refractivity contribution is -0.132. The molecule has 3 saturated heterocycles. The van der Waals surface area contributed by atoms with Crippen LogP contribution in [-0.4, -0.2) is 36.2 Å². The van der Waals surface area contributed by atoms with Crippen molar-refractivity contribution in [2.45, 2.75) is 75.8 Å². The maximum absolute atomic E-state index is 12.0. The van der Waals surface area contributed by atoms with Crippen molar-refractivity contribution in [3.8, 4) is 0 Å². The average Bonchev–Trinajstić information content (AvgIpc) is 2.85. The molecule has 3 heterocycles. The van der Waals surface area contributed by atoms with Gasteiger partial charge in [0.1, 0.15) is 6.10 Å². The van der Waals surface area contributed by atoms with E-state index in [2.05, 4.69) is 10.6 Å². The van der Waals surface area contributed by atoms with E-state index in [4.69, 9.17) is 4.74 Å². The first kappa shape index (κ1) is 11.5. The van der Waals surface area contributed by atoms with Gasteiger partial charge in [-0.3, -0.25) is 4.79 Å². The molecule has 3 rings (SSSR count). The standard InChI is InChI=1S/C13H22N2O2/c1-8-2-5-12(17-8)13(16)15-11-6-9-3-4-10(7-11)14-9/h8-12,14H,2-7H2,1H3,(H,15,16). The van der Waals surface area contributed by atoms with E-state index < -0.39 is 0 Å².